The van der Waals surface area contributed by atoms with E-state index in [1.165, 1.54) is 28.6 Å². The molecule has 2 rings (SSSR count). The lowest BCUT2D eigenvalue weighted by molar-refractivity contribution is 0.706. The van der Waals surface area contributed by atoms with Crippen molar-refractivity contribution in [2.75, 3.05) is 18.6 Å². The first-order valence-corrected chi connectivity index (χ1v) is 7.99. The number of nitrogens with zero attached hydrogens (tertiary/aromatic N) is 1. The second kappa shape index (κ2) is 6.50. The summed E-state index contributed by atoms with van der Waals surface area (Å²) in [7, 11) is 0. The van der Waals surface area contributed by atoms with Crippen LogP contribution < -0.4 is 5.73 Å². The van der Waals surface area contributed by atoms with E-state index < -0.39 is 0 Å². The minimum absolute atomic E-state index is 0.687. The first-order chi connectivity index (χ1) is 8.76. The van der Waals surface area contributed by atoms with Gasteiger partial charge < -0.3 is 10.3 Å². The van der Waals surface area contributed by atoms with E-state index in [0.29, 0.717) is 6.54 Å². The van der Waals surface area contributed by atoms with Crippen molar-refractivity contribution in [3.63, 3.8) is 0 Å². The van der Waals surface area contributed by atoms with Gasteiger partial charge in [-0.1, -0.05) is 17.7 Å². The number of halogens is 1. The summed E-state index contributed by atoms with van der Waals surface area (Å²) in [5, 5.41) is 2.08. The Morgan fingerprint density at radius 2 is 2.22 bits per heavy atom. The highest BCUT2D eigenvalue weighted by Gasteiger charge is 2.08. The standard InChI is InChI=1S/C14H19ClN2S/c1-18-8-2-7-17-10-11(5-6-16)13-4-3-12(15)9-14(13)17/h3-4,9-10H,2,5-8,16H2,1H3. The number of aromatic nitrogens is 1. The summed E-state index contributed by atoms with van der Waals surface area (Å²) in [6.07, 6.45) is 6.48. The van der Waals surface area contributed by atoms with E-state index in [4.69, 9.17) is 17.3 Å². The van der Waals surface area contributed by atoms with Gasteiger partial charge in [-0.05, 0) is 49.1 Å². The SMILES string of the molecule is CSCCCn1cc(CCN)c2ccc(Cl)cc21. The largest absolute Gasteiger partial charge is 0.347 e. The van der Waals surface area contributed by atoms with Crippen LogP contribution in [0.4, 0.5) is 0 Å². The van der Waals surface area contributed by atoms with Gasteiger partial charge >= 0.3 is 0 Å². The van der Waals surface area contributed by atoms with Crippen LogP contribution >= 0.6 is 23.4 Å². The van der Waals surface area contributed by atoms with E-state index in [1.807, 2.05) is 17.8 Å². The minimum atomic E-state index is 0.687. The molecule has 0 aliphatic rings. The zero-order valence-corrected chi connectivity index (χ0v) is 12.2. The number of aryl methyl sites for hydroxylation is 1. The molecule has 1 aromatic heterocycles. The number of hydrogen-bond acceptors (Lipinski definition) is 2. The van der Waals surface area contributed by atoms with Crippen molar-refractivity contribution in [2.24, 2.45) is 5.73 Å². The fourth-order valence-electron chi connectivity index (χ4n) is 2.26. The number of benzene rings is 1. The molecule has 0 saturated heterocycles. The third-order valence-electron chi connectivity index (χ3n) is 3.09. The van der Waals surface area contributed by atoms with Gasteiger partial charge in [0.2, 0.25) is 0 Å². The van der Waals surface area contributed by atoms with Crippen LogP contribution in [0, 0.1) is 0 Å². The monoisotopic (exact) mass is 282 g/mol. The van der Waals surface area contributed by atoms with Crippen molar-refractivity contribution < 1.29 is 0 Å². The molecule has 0 spiro atoms. The molecule has 0 fully saturated rings. The van der Waals surface area contributed by atoms with Crippen LogP contribution in [0.1, 0.15) is 12.0 Å². The van der Waals surface area contributed by atoms with Crippen LogP contribution in [0.2, 0.25) is 5.02 Å². The second-order valence-electron chi connectivity index (χ2n) is 4.39. The molecule has 0 atom stereocenters. The molecular formula is C14H19ClN2S. The Balaban J connectivity index is 2.35. The predicted molar refractivity (Wildman–Crippen MR) is 82.7 cm³/mol. The van der Waals surface area contributed by atoms with Crippen LogP contribution in [0.25, 0.3) is 10.9 Å². The molecule has 1 heterocycles. The zero-order valence-electron chi connectivity index (χ0n) is 10.7. The lowest BCUT2D eigenvalue weighted by atomic mass is 10.1. The molecule has 0 unspecified atom stereocenters. The third-order valence-corrected chi connectivity index (χ3v) is 4.02. The van der Waals surface area contributed by atoms with Gasteiger partial charge in [0.15, 0.2) is 0 Å². The van der Waals surface area contributed by atoms with Crippen molar-refractivity contribution in [1.82, 2.24) is 4.57 Å². The maximum atomic E-state index is 6.10. The summed E-state index contributed by atoms with van der Waals surface area (Å²) in [5.74, 6) is 1.19. The van der Waals surface area contributed by atoms with Crippen molar-refractivity contribution in [3.05, 3.63) is 35.0 Å². The Labute approximate surface area is 117 Å². The van der Waals surface area contributed by atoms with Crippen molar-refractivity contribution in [2.45, 2.75) is 19.4 Å². The van der Waals surface area contributed by atoms with E-state index >= 15 is 0 Å². The van der Waals surface area contributed by atoms with Gasteiger partial charge in [-0.15, -0.1) is 0 Å². The molecule has 0 saturated carbocycles. The van der Waals surface area contributed by atoms with Crippen LogP contribution in [0.5, 0.6) is 0 Å². The Morgan fingerprint density at radius 3 is 2.94 bits per heavy atom. The summed E-state index contributed by atoms with van der Waals surface area (Å²) < 4.78 is 2.31. The molecule has 2 N–H and O–H groups in total. The number of nitrogens with two attached hydrogens (primary N) is 1. The average Bonchev–Trinajstić information content (AvgIpc) is 2.68. The van der Waals surface area contributed by atoms with Gasteiger partial charge in [0.05, 0.1) is 0 Å². The van der Waals surface area contributed by atoms with Crippen LogP contribution in [0.3, 0.4) is 0 Å². The Morgan fingerprint density at radius 1 is 1.39 bits per heavy atom. The summed E-state index contributed by atoms with van der Waals surface area (Å²) in [4.78, 5) is 0. The fraction of sp³-hybridized carbons (Fsp3) is 0.429. The van der Waals surface area contributed by atoms with E-state index in [1.54, 1.807) is 0 Å². The van der Waals surface area contributed by atoms with Gasteiger partial charge in [0.1, 0.15) is 0 Å². The number of hydrogen-bond donors (Lipinski definition) is 1. The van der Waals surface area contributed by atoms with E-state index in [0.717, 1.165) is 18.0 Å². The number of thioether (sulfide) groups is 1. The predicted octanol–water partition coefficient (Wildman–Crippen LogP) is 3.55. The maximum absolute atomic E-state index is 6.10. The molecule has 2 nitrogen and oxygen atoms in total. The summed E-state index contributed by atoms with van der Waals surface area (Å²) in [6, 6.07) is 6.11. The molecule has 0 amide bonds. The maximum Gasteiger partial charge on any atom is 0.0498 e. The lowest BCUT2D eigenvalue weighted by Crippen LogP contribution is -2.02. The zero-order chi connectivity index (χ0) is 13.0. The summed E-state index contributed by atoms with van der Waals surface area (Å²) in [5.41, 5.74) is 8.23. The van der Waals surface area contributed by atoms with Gasteiger partial charge in [-0.2, -0.15) is 11.8 Å². The Hall–Kier alpha value is -0.640. The molecule has 4 heteroatoms. The highest BCUT2D eigenvalue weighted by atomic mass is 35.5. The second-order valence-corrected chi connectivity index (χ2v) is 5.82. The summed E-state index contributed by atoms with van der Waals surface area (Å²) in [6.45, 7) is 1.73. The first kappa shape index (κ1) is 13.8. The Kier molecular flexibility index (Phi) is 4.98. The molecule has 18 heavy (non-hydrogen) atoms. The topological polar surface area (TPSA) is 30.9 Å². The van der Waals surface area contributed by atoms with E-state index in [-0.39, 0.29) is 0 Å². The van der Waals surface area contributed by atoms with Gasteiger partial charge in [0, 0.05) is 28.7 Å². The van der Waals surface area contributed by atoms with Crippen molar-refractivity contribution in [3.8, 4) is 0 Å². The first-order valence-electron chi connectivity index (χ1n) is 6.22. The van der Waals surface area contributed by atoms with Crippen LogP contribution in [-0.4, -0.2) is 23.1 Å². The number of fused-ring (bicyclic) bond motifs is 1. The van der Waals surface area contributed by atoms with E-state index in [2.05, 4.69) is 29.2 Å². The van der Waals surface area contributed by atoms with E-state index in [9.17, 15) is 0 Å². The van der Waals surface area contributed by atoms with Crippen molar-refractivity contribution in [1.29, 1.82) is 0 Å². The van der Waals surface area contributed by atoms with Crippen LogP contribution in [0.15, 0.2) is 24.4 Å². The average molecular weight is 283 g/mol. The molecule has 0 radical (unpaired) electrons. The van der Waals surface area contributed by atoms with Gasteiger partial charge in [0.25, 0.3) is 0 Å². The van der Waals surface area contributed by atoms with Gasteiger partial charge in [-0.3, -0.25) is 0 Å². The fourth-order valence-corrected chi connectivity index (χ4v) is 2.84. The lowest BCUT2D eigenvalue weighted by Gasteiger charge is -2.04. The molecular weight excluding hydrogens is 264 g/mol. The number of rotatable bonds is 6. The van der Waals surface area contributed by atoms with Crippen molar-refractivity contribution >= 4 is 34.3 Å². The third kappa shape index (κ3) is 3.02. The molecule has 2 aromatic rings. The molecule has 0 aliphatic carbocycles. The Bertz CT molecular complexity index is 522. The highest BCUT2D eigenvalue weighted by Crippen LogP contribution is 2.25. The smallest absolute Gasteiger partial charge is 0.0498 e. The van der Waals surface area contributed by atoms with Crippen LogP contribution in [-0.2, 0) is 13.0 Å². The van der Waals surface area contributed by atoms with Gasteiger partial charge in [-0.25, -0.2) is 0 Å². The highest BCUT2D eigenvalue weighted by molar-refractivity contribution is 7.98. The molecule has 1 aromatic carbocycles. The minimum Gasteiger partial charge on any atom is -0.347 e. The molecule has 0 aliphatic heterocycles. The quantitative estimate of drug-likeness (QED) is 0.822. The summed E-state index contributed by atoms with van der Waals surface area (Å²) >= 11 is 7.98. The normalized spacial score (nSPS) is 11.3. The molecule has 0 bridgehead atoms. The molecule has 98 valence electrons.